The summed E-state index contributed by atoms with van der Waals surface area (Å²) in [5.74, 6) is -2.77. The number of rotatable bonds is 2. The topological polar surface area (TPSA) is 60.4 Å². The van der Waals surface area contributed by atoms with Gasteiger partial charge in [0.05, 0.1) is 13.0 Å². The molecule has 1 unspecified atom stereocenters. The predicted octanol–water partition coefficient (Wildman–Crippen LogP) is 1.24. The van der Waals surface area contributed by atoms with Gasteiger partial charge in [-0.3, -0.25) is 9.59 Å². The highest BCUT2D eigenvalue weighted by Gasteiger charge is 2.36. The van der Waals surface area contributed by atoms with Crippen molar-refractivity contribution in [1.82, 2.24) is 0 Å². The summed E-state index contributed by atoms with van der Waals surface area (Å²) in [6, 6.07) is 1.71. The van der Waals surface area contributed by atoms with E-state index >= 15 is 0 Å². The first kappa shape index (κ1) is 11.0. The molecule has 0 saturated heterocycles. The van der Waals surface area contributed by atoms with E-state index in [0.29, 0.717) is 18.4 Å². The van der Waals surface area contributed by atoms with Crippen molar-refractivity contribution >= 4 is 28.9 Å². The molecule has 0 fully saturated rings. The van der Waals surface area contributed by atoms with Crippen LogP contribution in [0.2, 0.25) is 0 Å². The molecule has 1 aromatic heterocycles. The first-order valence-electron chi connectivity index (χ1n) is 4.88. The van der Waals surface area contributed by atoms with Crippen molar-refractivity contribution in [3.63, 3.8) is 0 Å². The lowest BCUT2D eigenvalue weighted by Crippen LogP contribution is -2.34. The van der Waals surface area contributed by atoms with E-state index in [9.17, 15) is 14.4 Å². The maximum Gasteiger partial charge on any atom is 0.375 e. The third-order valence-corrected chi connectivity index (χ3v) is 3.67. The molecule has 0 aromatic carbocycles. The van der Waals surface area contributed by atoms with Crippen LogP contribution in [0.25, 0.3) is 0 Å². The second-order valence-corrected chi connectivity index (χ2v) is 4.57. The Morgan fingerprint density at radius 1 is 1.50 bits per heavy atom. The zero-order valence-electron chi connectivity index (χ0n) is 8.69. The van der Waals surface area contributed by atoms with Crippen LogP contribution >= 0.6 is 11.3 Å². The number of aryl methyl sites for hydroxylation is 1. The molecule has 0 N–H and O–H groups in total. The summed E-state index contributed by atoms with van der Waals surface area (Å²) in [5.41, 5.74) is 0.582. The molecule has 2 rings (SSSR count). The smallest absolute Gasteiger partial charge is 0.375 e. The van der Waals surface area contributed by atoms with Gasteiger partial charge in [0.1, 0.15) is 0 Å². The van der Waals surface area contributed by atoms with Crippen molar-refractivity contribution in [2.45, 2.75) is 12.8 Å². The summed E-state index contributed by atoms with van der Waals surface area (Å²) in [7, 11) is 1.14. The van der Waals surface area contributed by atoms with Gasteiger partial charge in [-0.2, -0.15) is 0 Å². The number of ketones is 2. The Bertz CT molecular complexity index is 460. The summed E-state index contributed by atoms with van der Waals surface area (Å²) in [5, 5.41) is 1.83. The van der Waals surface area contributed by atoms with E-state index in [1.54, 1.807) is 6.07 Å². The molecule has 1 heterocycles. The van der Waals surface area contributed by atoms with Crippen molar-refractivity contribution in [2.75, 3.05) is 7.11 Å². The van der Waals surface area contributed by atoms with E-state index in [1.807, 2.05) is 5.38 Å². The quantitative estimate of drug-likeness (QED) is 0.442. The number of esters is 1. The van der Waals surface area contributed by atoms with Gasteiger partial charge >= 0.3 is 5.97 Å². The molecule has 84 valence electrons. The van der Waals surface area contributed by atoms with Crippen LogP contribution < -0.4 is 0 Å². The number of fused-ring (bicyclic) bond motifs is 1. The number of Topliss-reactive ketones (excluding diaryl/α,β-unsaturated/α-hetero) is 2. The number of carbonyl (C=O) groups excluding carboxylic acids is 3. The highest BCUT2D eigenvalue weighted by atomic mass is 32.1. The summed E-state index contributed by atoms with van der Waals surface area (Å²) in [4.78, 5) is 35.6. The van der Waals surface area contributed by atoms with Crippen LogP contribution in [0, 0.1) is 5.92 Å². The summed E-state index contributed by atoms with van der Waals surface area (Å²) in [6.07, 6.45) is 1.08. The van der Waals surface area contributed by atoms with Gasteiger partial charge < -0.3 is 4.74 Å². The fourth-order valence-electron chi connectivity index (χ4n) is 1.84. The number of methoxy groups -OCH3 is 1. The van der Waals surface area contributed by atoms with E-state index in [1.165, 1.54) is 11.3 Å². The van der Waals surface area contributed by atoms with Crippen LogP contribution in [0.1, 0.15) is 21.7 Å². The Morgan fingerprint density at radius 3 is 2.94 bits per heavy atom. The molecular weight excluding hydrogens is 228 g/mol. The van der Waals surface area contributed by atoms with Crippen LogP contribution in [0.4, 0.5) is 0 Å². The van der Waals surface area contributed by atoms with E-state index < -0.39 is 17.7 Å². The van der Waals surface area contributed by atoms with E-state index in [2.05, 4.69) is 4.74 Å². The number of carbonyl (C=O) groups is 3. The lowest BCUT2D eigenvalue weighted by molar-refractivity contribution is -0.153. The molecule has 0 bridgehead atoms. The van der Waals surface area contributed by atoms with Crippen LogP contribution in [0.3, 0.4) is 0 Å². The summed E-state index contributed by atoms with van der Waals surface area (Å²) >= 11 is 1.51. The largest absolute Gasteiger partial charge is 0.463 e. The highest BCUT2D eigenvalue weighted by Crippen LogP contribution is 2.30. The zero-order chi connectivity index (χ0) is 11.7. The molecule has 0 spiro atoms. The highest BCUT2D eigenvalue weighted by molar-refractivity contribution is 7.10. The molecule has 16 heavy (non-hydrogen) atoms. The van der Waals surface area contributed by atoms with Crippen LogP contribution in [0.15, 0.2) is 11.4 Å². The predicted molar refractivity (Wildman–Crippen MR) is 57.5 cm³/mol. The van der Waals surface area contributed by atoms with Gasteiger partial charge in [-0.25, -0.2) is 4.79 Å². The Morgan fingerprint density at radius 2 is 2.25 bits per heavy atom. The lowest BCUT2D eigenvalue weighted by Gasteiger charge is -2.18. The SMILES string of the molecule is COC(=O)C(=O)C1CCc2sccc2C1=O. The van der Waals surface area contributed by atoms with Crippen molar-refractivity contribution in [2.24, 2.45) is 5.92 Å². The van der Waals surface area contributed by atoms with Crippen molar-refractivity contribution < 1.29 is 19.1 Å². The minimum absolute atomic E-state index is 0.252. The van der Waals surface area contributed by atoms with Gasteiger partial charge in [0.15, 0.2) is 5.78 Å². The van der Waals surface area contributed by atoms with Crippen molar-refractivity contribution in [1.29, 1.82) is 0 Å². The third kappa shape index (κ3) is 1.67. The molecule has 1 aromatic rings. The monoisotopic (exact) mass is 238 g/mol. The maximum absolute atomic E-state index is 11.9. The van der Waals surface area contributed by atoms with Crippen LogP contribution in [-0.2, 0) is 20.7 Å². The third-order valence-electron chi connectivity index (χ3n) is 2.69. The van der Waals surface area contributed by atoms with E-state index in [4.69, 9.17) is 0 Å². The molecule has 4 nitrogen and oxygen atoms in total. The molecular formula is C11H10O4S. The van der Waals surface area contributed by atoms with Crippen molar-refractivity contribution in [3.05, 3.63) is 21.9 Å². The Labute approximate surface area is 96.2 Å². The number of thiophene rings is 1. The Kier molecular flexibility index (Phi) is 2.87. The standard InChI is InChI=1S/C11H10O4S/c1-15-11(14)10(13)7-2-3-8-6(9(7)12)4-5-16-8/h4-5,7H,2-3H2,1H3. The van der Waals surface area contributed by atoms with Crippen molar-refractivity contribution in [3.8, 4) is 0 Å². The molecule has 0 amide bonds. The Hall–Kier alpha value is -1.49. The first-order valence-corrected chi connectivity index (χ1v) is 5.76. The molecule has 1 atom stereocenters. The minimum atomic E-state index is -0.933. The number of ether oxygens (including phenoxy) is 1. The zero-order valence-corrected chi connectivity index (χ0v) is 9.50. The average Bonchev–Trinajstić information content (AvgIpc) is 2.76. The molecule has 5 heteroatoms. The van der Waals surface area contributed by atoms with Crippen LogP contribution in [-0.4, -0.2) is 24.6 Å². The van der Waals surface area contributed by atoms with Gasteiger partial charge in [0.25, 0.3) is 5.78 Å². The normalized spacial score (nSPS) is 19.1. The average molecular weight is 238 g/mol. The number of hydrogen-bond donors (Lipinski definition) is 0. The second-order valence-electron chi connectivity index (χ2n) is 3.57. The van der Waals surface area contributed by atoms with Gasteiger partial charge in [0.2, 0.25) is 0 Å². The summed E-state index contributed by atoms with van der Waals surface area (Å²) < 4.78 is 4.34. The molecule has 0 aliphatic heterocycles. The Balaban J connectivity index is 2.25. The van der Waals surface area contributed by atoms with Gasteiger partial charge in [-0.15, -0.1) is 11.3 Å². The molecule has 0 saturated carbocycles. The second kappa shape index (κ2) is 4.17. The fraction of sp³-hybridized carbons (Fsp3) is 0.364. The molecule has 1 aliphatic rings. The maximum atomic E-state index is 11.9. The van der Waals surface area contributed by atoms with Gasteiger partial charge in [-0.1, -0.05) is 0 Å². The van der Waals surface area contributed by atoms with Crippen LogP contribution in [0.5, 0.6) is 0 Å². The van der Waals surface area contributed by atoms with E-state index in [-0.39, 0.29) is 5.78 Å². The molecule has 0 radical (unpaired) electrons. The minimum Gasteiger partial charge on any atom is -0.463 e. The van der Waals surface area contributed by atoms with E-state index in [0.717, 1.165) is 12.0 Å². The number of hydrogen-bond acceptors (Lipinski definition) is 5. The summed E-state index contributed by atoms with van der Waals surface area (Å²) in [6.45, 7) is 0. The van der Waals surface area contributed by atoms with Gasteiger partial charge in [-0.05, 0) is 24.3 Å². The van der Waals surface area contributed by atoms with Gasteiger partial charge in [0, 0.05) is 10.4 Å². The first-order chi connectivity index (χ1) is 7.65. The lowest BCUT2D eigenvalue weighted by atomic mass is 9.84. The fourth-order valence-corrected chi connectivity index (χ4v) is 2.74. The molecule has 1 aliphatic carbocycles.